The van der Waals surface area contributed by atoms with Crippen LogP contribution in [-0.4, -0.2) is 38.3 Å². The third-order valence-corrected chi connectivity index (χ3v) is 3.68. The summed E-state index contributed by atoms with van der Waals surface area (Å²) in [5.74, 6) is 0. The highest BCUT2D eigenvalue weighted by molar-refractivity contribution is 7.54. The number of amides is 1. The average Bonchev–Trinajstić information content (AvgIpc) is 2.17. The van der Waals surface area contributed by atoms with Gasteiger partial charge < -0.3 is 13.8 Å². The predicted octanol–water partition coefficient (Wildman–Crippen LogP) is 2.48. The molecular formula is C9H18NO5P. The molecule has 0 aromatic carbocycles. The molecule has 0 bridgehead atoms. The molecule has 0 N–H and O–H groups in total. The summed E-state index contributed by atoms with van der Waals surface area (Å²) in [4.78, 5) is 14.4. The molecule has 0 fully saturated rings. The van der Waals surface area contributed by atoms with Crippen LogP contribution in [0.3, 0.4) is 0 Å². The Labute approximate surface area is 95.5 Å². The number of carbonyl (C=O) groups is 1. The smallest absolute Gasteiger partial charge is 0.433 e. The van der Waals surface area contributed by atoms with Gasteiger partial charge in [0.1, 0.15) is 0 Å². The summed E-state index contributed by atoms with van der Waals surface area (Å²) in [7, 11) is -1.95. The minimum atomic E-state index is -3.18. The first-order chi connectivity index (χ1) is 7.47. The Morgan fingerprint density at radius 3 is 2.12 bits per heavy atom. The maximum Gasteiger partial charge on any atom is 0.433 e. The maximum absolute atomic E-state index is 12.0. The SMILES string of the molecule is CCOP(=O)(C/C(C)=N/C(=O)OC)OCC. The molecule has 0 heterocycles. The predicted molar refractivity (Wildman–Crippen MR) is 61.2 cm³/mol. The fraction of sp³-hybridized carbons (Fsp3) is 0.778. The summed E-state index contributed by atoms with van der Waals surface area (Å²) in [5, 5.41) is 0. The minimum Gasteiger partial charge on any atom is -0.451 e. The van der Waals surface area contributed by atoms with E-state index >= 15 is 0 Å². The van der Waals surface area contributed by atoms with Crippen molar-refractivity contribution in [2.45, 2.75) is 20.8 Å². The highest BCUT2D eigenvalue weighted by Crippen LogP contribution is 2.47. The van der Waals surface area contributed by atoms with Crippen LogP contribution < -0.4 is 0 Å². The average molecular weight is 251 g/mol. The van der Waals surface area contributed by atoms with Gasteiger partial charge in [0.2, 0.25) is 0 Å². The molecule has 0 unspecified atom stereocenters. The lowest BCUT2D eigenvalue weighted by Gasteiger charge is -2.16. The number of aliphatic imine (C=N–C) groups is 1. The second-order valence-corrected chi connectivity index (χ2v) is 4.98. The first-order valence-corrected chi connectivity index (χ1v) is 6.70. The van der Waals surface area contributed by atoms with Gasteiger partial charge in [0.05, 0.1) is 26.5 Å². The topological polar surface area (TPSA) is 74.2 Å². The Morgan fingerprint density at radius 2 is 1.75 bits per heavy atom. The molecule has 0 aromatic heterocycles. The molecule has 7 heteroatoms. The molecule has 0 saturated heterocycles. The van der Waals surface area contributed by atoms with Gasteiger partial charge in [-0.1, -0.05) is 0 Å². The fourth-order valence-corrected chi connectivity index (χ4v) is 2.71. The van der Waals surface area contributed by atoms with Crippen molar-refractivity contribution in [2.75, 3.05) is 26.5 Å². The van der Waals surface area contributed by atoms with Crippen LogP contribution in [0.4, 0.5) is 4.79 Å². The standard InChI is InChI=1S/C9H18NO5P/c1-5-14-16(12,15-6-2)7-8(3)10-9(11)13-4/h5-7H2,1-4H3/b10-8+. The number of carbonyl (C=O) groups excluding carboxylic acids is 1. The summed E-state index contributed by atoms with van der Waals surface area (Å²) in [6.07, 6.45) is -0.735. The van der Waals surface area contributed by atoms with Crippen molar-refractivity contribution >= 4 is 19.4 Å². The zero-order chi connectivity index (χ0) is 12.6. The Bertz CT molecular complexity index is 292. The Kier molecular flexibility index (Phi) is 7.21. The van der Waals surface area contributed by atoms with E-state index in [9.17, 15) is 9.36 Å². The van der Waals surface area contributed by atoms with E-state index in [0.29, 0.717) is 5.71 Å². The molecule has 0 radical (unpaired) electrons. The number of ether oxygens (including phenoxy) is 1. The van der Waals surface area contributed by atoms with Gasteiger partial charge >= 0.3 is 13.7 Å². The molecule has 6 nitrogen and oxygen atoms in total. The van der Waals surface area contributed by atoms with Crippen molar-refractivity contribution in [2.24, 2.45) is 4.99 Å². The first kappa shape index (κ1) is 15.3. The number of nitrogens with zero attached hydrogens (tertiary/aromatic N) is 1. The largest absolute Gasteiger partial charge is 0.451 e. The summed E-state index contributed by atoms with van der Waals surface area (Å²) in [5.41, 5.74) is 0.358. The second kappa shape index (κ2) is 7.54. The van der Waals surface area contributed by atoms with E-state index < -0.39 is 13.7 Å². The minimum absolute atomic E-state index is 0.0101. The van der Waals surface area contributed by atoms with Gasteiger partial charge in [-0.15, -0.1) is 0 Å². The van der Waals surface area contributed by atoms with E-state index in [0.717, 1.165) is 0 Å². The van der Waals surface area contributed by atoms with Crippen LogP contribution in [0.25, 0.3) is 0 Å². The van der Waals surface area contributed by atoms with Gasteiger partial charge in [-0.2, -0.15) is 4.99 Å². The maximum atomic E-state index is 12.0. The zero-order valence-corrected chi connectivity index (χ0v) is 11.0. The molecule has 0 aliphatic rings. The lowest BCUT2D eigenvalue weighted by atomic mass is 10.5. The van der Waals surface area contributed by atoms with Crippen molar-refractivity contribution in [3.8, 4) is 0 Å². The van der Waals surface area contributed by atoms with Crippen molar-refractivity contribution in [3.05, 3.63) is 0 Å². The molecular weight excluding hydrogens is 233 g/mol. The van der Waals surface area contributed by atoms with Crippen LogP contribution in [-0.2, 0) is 18.3 Å². The number of hydrogen-bond acceptors (Lipinski definition) is 5. The van der Waals surface area contributed by atoms with E-state index in [1.54, 1.807) is 20.8 Å². The zero-order valence-electron chi connectivity index (χ0n) is 10.1. The Hall–Kier alpha value is -0.710. The van der Waals surface area contributed by atoms with Crippen molar-refractivity contribution in [1.82, 2.24) is 0 Å². The van der Waals surface area contributed by atoms with Crippen LogP contribution in [0.2, 0.25) is 0 Å². The van der Waals surface area contributed by atoms with Crippen LogP contribution in [0.15, 0.2) is 4.99 Å². The normalized spacial score (nSPS) is 12.6. The highest BCUT2D eigenvalue weighted by atomic mass is 31.2. The number of hydrogen-bond donors (Lipinski definition) is 0. The third kappa shape index (κ3) is 6.00. The van der Waals surface area contributed by atoms with Crippen LogP contribution >= 0.6 is 7.60 Å². The van der Waals surface area contributed by atoms with E-state index in [2.05, 4.69) is 9.73 Å². The second-order valence-electron chi connectivity index (χ2n) is 2.92. The summed E-state index contributed by atoms with van der Waals surface area (Å²) >= 11 is 0. The quantitative estimate of drug-likeness (QED) is 0.535. The lowest BCUT2D eigenvalue weighted by molar-refractivity contribution is 0.182. The van der Waals surface area contributed by atoms with Gasteiger partial charge in [0, 0.05) is 5.71 Å². The van der Waals surface area contributed by atoms with Crippen molar-refractivity contribution < 1.29 is 23.1 Å². The Morgan fingerprint density at radius 1 is 1.25 bits per heavy atom. The molecule has 0 saturated carbocycles. The van der Waals surface area contributed by atoms with Crippen molar-refractivity contribution in [3.63, 3.8) is 0 Å². The molecule has 0 aliphatic heterocycles. The van der Waals surface area contributed by atoms with E-state index in [1.807, 2.05) is 0 Å². The van der Waals surface area contributed by atoms with Gasteiger partial charge in [-0.3, -0.25) is 4.57 Å². The van der Waals surface area contributed by atoms with Crippen molar-refractivity contribution in [1.29, 1.82) is 0 Å². The third-order valence-electron chi connectivity index (χ3n) is 1.53. The molecule has 0 rings (SSSR count). The number of methoxy groups -OCH3 is 1. The van der Waals surface area contributed by atoms with Gasteiger partial charge in [-0.25, -0.2) is 4.79 Å². The van der Waals surface area contributed by atoms with Gasteiger partial charge in [-0.05, 0) is 20.8 Å². The lowest BCUT2D eigenvalue weighted by Crippen LogP contribution is -2.09. The summed E-state index contributed by atoms with van der Waals surface area (Å²) < 4.78 is 26.5. The summed E-state index contributed by atoms with van der Waals surface area (Å²) in [6, 6.07) is 0. The van der Waals surface area contributed by atoms with Crippen LogP contribution in [0.1, 0.15) is 20.8 Å². The van der Waals surface area contributed by atoms with Crippen LogP contribution in [0, 0.1) is 0 Å². The molecule has 1 amide bonds. The highest BCUT2D eigenvalue weighted by Gasteiger charge is 2.24. The molecule has 16 heavy (non-hydrogen) atoms. The molecule has 94 valence electrons. The van der Waals surface area contributed by atoms with E-state index in [1.165, 1.54) is 7.11 Å². The van der Waals surface area contributed by atoms with Crippen LogP contribution in [0.5, 0.6) is 0 Å². The van der Waals surface area contributed by atoms with Gasteiger partial charge in [0.25, 0.3) is 0 Å². The molecule has 0 aromatic rings. The molecule has 0 aliphatic carbocycles. The molecule has 0 spiro atoms. The van der Waals surface area contributed by atoms with E-state index in [4.69, 9.17) is 9.05 Å². The first-order valence-electron chi connectivity index (χ1n) is 4.97. The number of rotatable bonds is 6. The summed E-state index contributed by atoms with van der Waals surface area (Å²) in [6.45, 7) is 5.57. The fourth-order valence-electron chi connectivity index (χ4n) is 1.04. The van der Waals surface area contributed by atoms with E-state index in [-0.39, 0.29) is 19.4 Å². The van der Waals surface area contributed by atoms with Gasteiger partial charge in [0.15, 0.2) is 0 Å². The molecule has 0 atom stereocenters. The Balaban J connectivity index is 4.57. The monoisotopic (exact) mass is 251 g/mol.